The molecule has 0 unspecified atom stereocenters. The van der Waals surface area contributed by atoms with Crippen LogP contribution in [-0.2, 0) is 26.0 Å². The van der Waals surface area contributed by atoms with Crippen molar-refractivity contribution in [3.05, 3.63) is 58.9 Å². The van der Waals surface area contributed by atoms with Crippen molar-refractivity contribution in [2.24, 2.45) is 0 Å². The monoisotopic (exact) mass is 413 g/mol. The number of hydrogen-bond donors (Lipinski definition) is 0. The van der Waals surface area contributed by atoms with E-state index in [1.807, 2.05) is 0 Å². The van der Waals surface area contributed by atoms with Crippen LogP contribution in [0.1, 0.15) is 5.56 Å². The average molecular weight is 414 g/mol. The molecule has 0 radical (unpaired) electrons. The van der Waals surface area contributed by atoms with E-state index in [0.29, 0.717) is 26.3 Å². The van der Waals surface area contributed by atoms with Gasteiger partial charge in [-0.15, -0.1) is 0 Å². The van der Waals surface area contributed by atoms with E-state index < -0.39 is 21.8 Å². The fourth-order valence-electron chi connectivity index (χ4n) is 2.63. The largest absolute Gasteiger partial charge is 0.426 e. The molecule has 9 heteroatoms. The molecule has 1 aliphatic heterocycles. The standard InChI is InChI=1S/C18H17ClFNO5S/c19-16-2-1-3-17(20)15(16)12-18(22)26-13-4-6-14(7-5-13)27(23,24)21-8-10-25-11-9-21/h1-7H,8-12H2. The Morgan fingerprint density at radius 3 is 2.44 bits per heavy atom. The summed E-state index contributed by atoms with van der Waals surface area (Å²) < 4.78 is 50.5. The second-order valence-corrected chi connectivity index (χ2v) is 8.18. The Labute approximate surface area is 161 Å². The van der Waals surface area contributed by atoms with E-state index in [2.05, 4.69) is 0 Å². The van der Waals surface area contributed by atoms with Gasteiger partial charge in [-0.3, -0.25) is 4.79 Å². The third-order valence-corrected chi connectivity index (χ3v) is 6.31. The number of hydrogen-bond acceptors (Lipinski definition) is 5. The van der Waals surface area contributed by atoms with Gasteiger partial charge in [-0.2, -0.15) is 4.31 Å². The Morgan fingerprint density at radius 2 is 1.81 bits per heavy atom. The highest BCUT2D eigenvalue weighted by Crippen LogP contribution is 2.23. The summed E-state index contributed by atoms with van der Waals surface area (Å²) in [5.41, 5.74) is 0.0516. The molecule has 0 saturated carbocycles. The minimum absolute atomic E-state index is 0.0516. The molecule has 1 heterocycles. The maximum absolute atomic E-state index is 13.7. The number of sulfonamides is 1. The number of morpholine rings is 1. The Hall–Kier alpha value is -2.00. The average Bonchev–Trinajstić information content (AvgIpc) is 2.66. The molecule has 0 aromatic heterocycles. The van der Waals surface area contributed by atoms with Crippen LogP contribution >= 0.6 is 11.6 Å². The number of nitrogens with zero attached hydrogens (tertiary/aromatic N) is 1. The summed E-state index contributed by atoms with van der Waals surface area (Å²) in [6.45, 7) is 1.30. The Kier molecular flexibility index (Phi) is 6.11. The van der Waals surface area contributed by atoms with Crippen LogP contribution < -0.4 is 4.74 Å². The number of esters is 1. The van der Waals surface area contributed by atoms with Crippen LogP contribution in [-0.4, -0.2) is 45.0 Å². The van der Waals surface area contributed by atoms with Crippen molar-refractivity contribution in [2.45, 2.75) is 11.3 Å². The highest BCUT2D eigenvalue weighted by atomic mass is 35.5. The van der Waals surface area contributed by atoms with Gasteiger partial charge in [0.2, 0.25) is 10.0 Å². The van der Waals surface area contributed by atoms with Crippen molar-refractivity contribution in [3.8, 4) is 5.75 Å². The van der Waals surface area contributed by atoms with Gasteiger partial charge in [0.25, 0.3) is 0 Å². The molecule has 0 aliphatic carbocycles. The van der Waals surface area contributed by atoms with Crippen LogP contribution in [0.15, 0.2) is 47.4 Å². The SMILES string of the molecule is O=C(Cc1c(F)cccc1Cl)Oc1ccc(S(=O)(=O)N2CCOCC2)cc1. The van der Waals surface area contributed by atoms with Crippen LogP contribution in [0, 0.1) is 5.82 Å². The number of rotatable bonds is 5. The zero-order valence-electron chi connectivity index (χ0n) is 14.2. The topological polar surface area (TPSA) is 72.9 Å². The summed E-state index contributed by atoms with van der Waals surface area (Å²) >= 11 is 5.89. The third kappa shape index (κ3) is 4.65. The molecule has 0 N–H and O–H groups in total. The predicted octanol–water partition coefficient (Wildman–Crippen LogP) is 2.65. The van der Waals surface area contributed by atoms with E-state index in [9.17, 15) is 17.6 Å². The predicted molar refractivity (Wildman–Crippen MR) is 96.8 cm³/mol. The Balaban J connectivity index is 1.68. The maximum atomic E-state index is 13.7. The van der Waals surface area contributed by atoms with Crippen LogP contribution in [0.25, 0.3) is 0 Å². The third-order valence-electron chi connectivity index (χ3n) is 4.05. The lowest BCUT2D eigenvalue weighted by Crippen LogP contribution is -2.40. The molecule has 6 nitrogen and oxygen atoms in total. The summed E-state index contributed by atoms with van der Waals surface area (Å²) in [5, 5.41) is 0.138. The van der Waals surface area contributed by atoms with Crippen molar-refractivity contribution < 1.29 is 27.1 Å². The van der Waals surface area contributed by atoms with Crippen molar-refractivity contribution in [3.63, 3.8) is 0 Å². The van der Waals surface area contributed by atoms with Gasteiger partial charge >= 0.3 is 5.97 Å². The summed E-state index contributed by atoms with van der Waals surface area (Å²) in [5.74, 6) is -1.13. The fraction of sp³-hybridized carbons (Fsp3) is 0.278. The molecule has 0 atom stereocenters. The molecule has 0 bridgehead atoms. The number of carbonyl (C=O) groups excluding carboxylic acids is 1. The highest BCUT2D eigenvalue weighted by molar-refractivity contribution is 7.89. The van der Waals surface area contributed by atoms with Crippen LogP contribution in [0.4, 0.5) is 4.39 Å². The second-order valence-electron chi connectivity index (χ2n) is 5.84. The van der Waals surface area contributed by atoms with Gasteiger partial charge in [0, 0.05) is 23.7 Å². The van der Waals surface area contributed by atoms with E-state index in [4.69, 9.17) is 21.1 Å². The number of ether oxygens (including phenoxy) is 2. The zero-order valence-corrected chi connectivity index (χ0v) is 15.8. The molecule has 2 aromatic rings. The first-order valence-electron chi connectivity index (χ1n) is 8.19. The molecule has 1 aliphatic rings. The van der Waals surface area contributed by atoms with Crippen molar-refractivity contribution in [1.82, 2.24) is 4.31 Å². The van der Waals surface area contributed by atoms with Gasteiger partial charge in [-0.1, -0.05) is 17.7 Å². The van der Waals surface area contributed by atoms with E-state index in [-0.39, 0.29) is 27.7 Å². The summed E-state index contributed by atoms with van der Waals surface area (Å²) in [6, 6.07) is 9.63. The van der Waals surface area contributed by atoms with E-state index >= 15 is 0 Å². The maximum Gasteiger partial charge on any atom is 0.315 e. The van der Waals surface area contributed by atoms with Crippen molar-refractivity contribution in [2.75, 3.05) is 26.3 Å². The zero-order chi connectivity index (χ0) is 19.4. The normalized spacial score (nSPS) is 15.5. The van der Waals surface area contributed by atoms with Crippen molar-refractivity contribution >= 4 is 27.6 Å². The molecule has 0 spiro atoms. The molecule has 1 fully saturated rings. The number of halogens is 2. The smallest absolute Gasteiger partial charge is 0.315 e. The molecule has 27 heavy (non-hydrogen) atoms. The second kappa shape index (κ2) is 8.35. The Morgan fingerprint density at radius 1 is 1.15 bits per heavy atom. The molecule has 1 saturated heterocycles. The number of carbonyl (C=O) groups is 1. The van der Waals surface area contributed by atoms with Crippen LogP contribution in [0.5, 0.6) is 5.75 Å². The first-order valence-corrected chi connectivity index (χ1v) is 10.0. The van der Waals surface area contributed by atoms with Gasteiger partial charge in [0.05, 0.1) is 24.5 Å². The minimum Gasteiger partial charge on any atom is -0.426 e. The summed E-state index contributed by atoms with van der Waals surface area (Å²) in [7, 11) is -3.62. The van der Waals surface area contributed by atoms with Crippen LogP contribution in [0.3, 0.4) is 0 Å². The first-order chi connectivity index (χ1) is 12.9. The van der Waals surface area contributed by atoms with Crippen molar-refractivity contribution in [1.29, 1.82) is 0 Å². The van der Waals surface area contributed by atoms with E-state index in [1.54, 1.807) is 0 Å². The lowest BCUT2D eigenvalue weighted by atomic mass is 10.1. The molecular formula is C18H17ClFNO5S. The quantitative estimate of drug-likeness (QED) is 0.556. The van der Waals surface area contributed by atoms with Gasteiger partial charge in [0.15, 0.2) is 0 Å². The number of benzene rings is 2. The van der Waals surface area contributed by atoms with E-state index in [1.165, 1.54) is 46.8 Å². The fourth-order valence-corrected chi connectivity index (χ4v) is 4.27. The van der Waals surface area contributed by atoms with E-state index in [0.717, 1.165) is 0 Å². The van der Waals surface area contributed by atoms with Crippen LogP contribution in [0.2, 0.25) is 5.02 Å². The first kappa shape index (κ1) is 19.8. The van der Waals surface area contributed by atoms with Gasteiger partial charge in [0.1, 0.15) is 11.6 Å². The molecule has 0 amide bonds. The van der Waals surface area contributed by atoms with Gasteiger partial charge in [-0.05, 0) is 36.4 Å². The van der Waals surface area contributed by atoms with Gasteiger partial charge < -0.3 is 9.47 Å². The molecule has 2 aromatic carbocycles. The summed E-state index contributed by atoms with van der Waals surface area (Å²) in [6.07, 6.45) is -0.334. The molecule has 144 valence electrons. The molecule has 3 rings (SSSR count). The lowest BCUT2D eigenvalue weighted by Gasteiger charge is -2.26. The highest BCUT2D eigenvalue weighted by Gasteiger charge is 2.26. The van der Waals surface area contributed by atoms with Gasteiger partial charge in [-0.25, -0.2) is 12.8 Å². The summed E-state index contributed by atoms with van der Waals surface area (Å²) in [4.78, 5) is 12.1. The minimum atomic E-state index is -3.62. The molecular weight excluding hydrogens is 397 g/mol. The Bertz CT molecular complexity index is 907. The lowest BCUT2D eigenvalue weighted by molar-refractivity contribution is -0.133.